The molecule has 0 saturated heterocycles. The summed E-state index contributed by atoms with van der Waals surface area (Å²) in [5, 5.41) is 9.17. The number of carbonyl (C=O) groups is 1. The van der Waals surface area contributed by atoms with Gasteiger partial charge in [-0.1, -0.05) is 0 Å². The van der Waals surface area contributed by atoms with E-state index in [0.29, 0.717) is 6.61 Å². The van der Waals surface area contributed by atoms with Gasteiger partial charge in [-0.2, -0.15) is 0 Å². The molecule has 1 aliphatic carbocycles. The van der Waals surface area contributed by atoms with Crippen molar-refractivity contribution in [3.05, 3.63) is 0 Å². The number of aliphatic hydroxyl groups is 1. The van der Waals surface area contributed by atoms with Crippen LogP contribution in [0.3, 0.4) is 0 Å². The van der Waals surface area contributed by atoms with Gasteiger partial charge in [0.2, 0.25) is 0 Å². The number of hydrogen-bond acceptors (Lipinski definition) is 3. The van der Waals surface area contributed by atoms with E-state index < -0.39 is 23.7 Å². The van der Waals surface area contributed by atoms with E-state index in [2.05, 4.69) is 0 Å². The molecule has 0 aliphatic heterocycles. The molecule has 1 fully saturated rings. The highest BCUT2D eigenvalue weighted by atomic mass is 19.1. The molecular formula is C9H15FO3. The quantitative estimate of drug-likeness (QED) is 0.662. The molecule has 0 bridgehead atoms. The molecule has 3 nitrogen and oxygen atoms in total. The van der Waals surface area contributed by atoms with Gasteiger partial charge in [0.1, 0.15) is 6.17 Å². The van der Waals surface area contributed by atoms with Crippen molar-refractivity contribution in [1.29, 1.82) is 0 Å². The molecule has 0 amide bonds. The van der Waals surface area contributed by atoms with Crippen LogP contribution in [0, 0.1) is 5.41 Å². The maximum absolute atomic E-state index is 13.0. The number of ether oxygens (including phenoxy) is 1. The van der Waals surface area contributed by atoms with Crippen LogP contribution in [0.4, 0.5) is 4.39 Å². The van der Waals surface area contributed by atoms with Crippen LogP contribution in [0.15, 0.2) is 0 Å². The van der Waals surface area contributed by atoms with Crippen molar-refractivity contribution in [3.63, 3.8) is 0 Å². The minimum Gasteiger partial charge on any atom is -0.466 e. The van der Waals surface area contributed by atoms with Crippen molar-refractivity contribution in [2.24, 2.45) is 5.41 Å². The highest BCUT2D eigenvalue weighted by Gasteiger charge is 2.47. The Kier molecular flexibility index (Phi) is 2.91. The molecule has 0 radical (unpaired) electrons. The van der Waals surface area contributed by atoms with Gasteiger partial charge in [0, 0.05) is 0 Å². The summed E-state index contributed by atoms with van der Waals surface area (Å²) in [6.45, 7) is 3.63. The molecule has 0 unspecified atom stereocenters. The first-order valence-corrected chi connectivity index (χ1v) is 4.49. The number of aliphatic hydroxyl groups excluding tert-OH is 1. The lowest BCUT2D eigenvalue weighted by Gasteiger charge is -2.20. The van der Waals surface area contributed by atoms with Crippen LogP contribution < -0.4 is 0 Å². The van der Waals surface area contributed by atoms with Gasteiger partial charge in [-0.15, -0.1) is 0 Å². The fraction of sp³-hybridized carbons (Fsp3) is 0.889. The zero-order chi connectivity index (χ0) is 10.1. The maximum atomic E-state index is 13.0. The summed E-state index contributed by atoms with van der Waals surface area (Å²) in [6, 6.07) is 0. The van der Waals surface area contributed by atoms with Gasteiger partial charge in [-0.3, -0.25) is 4.79 Å². The number of hydrogen-bond donors (Lipinski definition) is 1. The maximum Gasteiger partial charge on any atom is 0.311 e. The topological polar surface area (TPSA) is 46.5 Å². The average Bonchev–Trinajstić information content (AvgIpc) is 2.28. The van der Waals surface area contributed by atoms with Crippen LogP contribution in [-0.4, -0.2) is 30.0 Å². The zero-order valence-electron chi connectivity index (χ0n) is 7.92. The minimum atomic E-state index is -1.30. The van der Waals surface area contributed by atoms with E-state index >= 15 is 0 Å². The first kappa shape index (κ1) is 10.4. The Balaban J connectivity index is 2.63. The van der Waals surface area contributed by atoms with Gasteiger partial charge in [0.15, 0.2) is 0 Å². The Labute approximate surface area is 76.9 Å². The van der Waals surface area contributed by atoms with Gasteiger partial charge in [-0.25, -0.2) is 4.39 Å². The minimum absolute atomic E-state index is 0.0625. The Morgan fingerprint density at radius 1 is 1.69 bits per heavy atom. The van der Waals surface area contributed by atoms with Gasteiger partial charge < -0.3 is 9.84 Å². The third-order valence-electron chi connectivity index (χ3n) is 2.49. The van der Waals surface area contributed by atoms with Crippen molar-refractivity contribution in [3.8, 4) is 0 Å². The number of esters is 1. The first-order valence-electron chi connectivity index (χ1n) is 4.49. The van der Waals surface area contributed by atoms with Crippen molar-refractivity contribution in [2.75, 3.05) is 6.61 Å². The lowest BCUT2D eigenvalue weighted by Crippen LogP contribution is -2.27. The van der Waals surface area contributed by atoms with E-state index in [0.717, 1.165) is 0 Å². The van der Waals surface area contributed by atoms with Gasteiger partial charge in [-0.05, 0) is 26.7 Å². The zero-order valence-corrected chi connectivity index (χ0v) is 7.92. The van der Waals surface area contributed by atoms with Crippen molar-refractivity contribution in [2.45, 2.75) is 39.0 Å². The predicted molar refractivity (Wildman–Crippen MR) is 44.9 cm³/mol. The molecule has 1 saturated carbocycles. The van der Waals surface area contributed by atoms with Crippen LogP contribution in [0.1, 0.15) is 26.7 Å². The second-order valence-electron chi connectivity index (χ2n) is 3.77. The van der Waals surface area contributed by atoms with Gasteiger partial charge in [0.05, 0.1) is 18.1 Å². The van der Waals surface area contributed by atoms with Crippen LogP contribution in [-0.2, 0) is 9.53 Å². The standard InChI is InChI=1S/C9H15FO3/c1-3-13-8(12)9(2)4-6(10)7(11)5-9/h6-7,11H,3-5H2,1-2H3/t6-,7-,9+/m1/s1. The third-order valence-corrected chi connectivity index (χ3v) is 2.49. The fourth-order valence-electron chi connectivity index (χ4n) is 1.71. The van der Waals surface area contributed by atoms with E-state index in [1.807, 2.05) is 0 Å². The van der Waals surface area contributed by atoms with Gasteiger partial charge >= 0.3 is 5.97 Å². The highest BCUT2D eigenvalue weighted by molar-refractivity contribution is 5.77. The van der Waals surface area contributed by atoms with Crippen LogP contribution in [0.2, 0.25) is 0 Å². The Morgan fingerprint density at radius 2 is 2.31 bits per heavy atom. The predicted octanol–water partition coefficient (Wildman–Crippen LogP) is 1.05. The van der Waals surface area contributed by atoms with Gasteiger partial charge in [0.25, 0.3) is 0 Å². The lowest BCUT2D eigenvalue weighted by atomic mass is 9.89. The smallest absolute Gasteiger partial charge is 0.311 e. The second-order valence-corrected chi connectivity index (χ2v) is 3.77. The summed E-state index contributed by atoms with van der Waals surface area (Å²) < 4.78 is 17.8. The van der Waals surface area contributed by atoms with E-state index in [-0.39, 0.29) is 12.8 Å². The summed E-state index contributed by atoms with van der Waals surface area (Å²) in [6.07, 6.45) is -2.09. The van der Waals surface area contributed by atoms with Crippen molar-refractivity contribution < 1.29 is 19.0 Å². The molecular weight excluding hydrogens is 175 g/mol. The SMILES string of the molecule is CCOC(=O)[C@]1(C)C[C@@H](O)[C@H](F)C1. The molecule has 0 aromatic heterocycles. The average molecular weight is 190 g/mol. The number of rotatable bonds is 2. The number of carbonyl (C=O) groups excluding carboxylic acids is 1. The van der Waals surface area contributed by atoms with Crippen LogP contribution >= 0.6 is 0 Å². The normalized spacial score (nSPS) is 39.1. The summed E-state index contributed by atoms with van der Waals surface area (Å²) in [5.74, 6) is -0.408. The molecule has 1 rings (SSSR count). The first-order chi connectivity index (χ1) is 5.99. The molecule has 0 heterocycles. The summed E-state index contributed by atoms with van der Waals surface area (Å²) in [4.78, 5) is 11.4. The van der Waals surface area contributed by atoms with E-state index in [9.17, 15) is 9.18 Å². The largest absolute Gasteiger partial charge is 0.466 e. The number of alkyl halides is 1. The molecule has 1 aliphatic rings. The second kappa shape index (κ2) is 3.62. The summed E-state index contributed by atoms with van der Waals surface area (Å²) in [7, 11) is 0. The van der Waals surface area contributed by atoms with Crippen LogP contribution in [0.25, 0.3) is 0 Å². The van der Waals surface area contributed by atoms with E-state index in [4.69, 9.17) is 9.84 Å². The molecule has 0 spiro atoms. The fourth-order valence-corrected chi connectivity index (χ4v) is 1.71. The molecule has 4 heteroatoms. The molecule has 76 valence electrons. The number of halogens is 1. The third kappa shape index (κ3) is 1.99. The molecule has 13 heavy (non-hydrogen) atoms. The van der Waals surface area contributed by atoms with Crippen molar-refractivity contribution in [1.82, 2.24) is 0 Å². The molecule has 1 N–H and O–H groups in total. The lowest BCUT2D eigenvalue weighted by molar-refractivity contribution is -0.154. The molecule has 3 atom stereocenters. The summed E-state index contributed by atoms with van der Waals surface area (Å²) >= 11 is 0. The van der Waals surface area contributed by atoms with Crippen LogP contribution in [0.5, 0.6) is 0 Å². The Morgan fingerprint density at radius 3 is 2.69 bits per heavy atom. The molecule has 0 aromatic rings. The highest BCUT2D eigenvalue weighted by Crippen LogP contribution is 2.40. The monoisotopic (exact) mass is 190 g/mol. The Bertz CT molecular complexity index is 195. The molecule has 0 aromatic carbocycles. The van der Waals surface area contributed by atoms with Crippen molar-refractivity contribution >= 4 is 5.97 Å². The van der Waals surface area contributed by atoms with E-state index in [1.54, 1.807) is 13.8 Å². The van der Waals surface area contributed by atoms with E-state index in [1.165, 1.54) is 0 Å². The Hall–Kier alpha value is -0.640. The summed E-state index contributed by atoms with van der Waals surface area (Å²) in [5.41, 5.74) is -0.838.